The first-order valence-electron chi connectivity index (χ1n) is 20.4. The Morgan fingerprint density at radius 3 is 1.46 bits per heavy atom. The van der Waals surface area contributed by atoms with Gasteiger partial charge in [-0.15, -0.1) is 0 Å². The Balaban J connectivity index is 1.18. The van der Waals surface area contributed by atoms with E-state index in [1.54, 1.807) is 0 Å². The van der Waals surface area contributed by atoms with E-state index in [0.29, 0.717) is 24.5 Å². The van der Waals surface area contributed by atoms with Gasteiger partial charge in [-0.2, -0.15) is 0 Å². The summed E-state index contributed by atoms with van der Waals surface area (Å²) < 4.78 is 13.2. The van der Waals surface area contributed by atoms with Gasteiger partial charge in [0.1, 0.15) is 0 Å². The van der Waals surface area contributed by atoms with Gasteiger partial charge in [0, 0.05) is 38.6 Å². The fourth-order valence-corrected chi connectivity index (χ4v) is 9.30. The zero-order valence-corrected chi connectivity index (χ0v) is 31.6. The quantitative estimate of drug-likeness (QED) is 0.0568. The third-order valence-electron chi connectivity index (χ3n) is 12.0. The zero-order valence-electron chi connectivity index (χ0n) is 31.6. The molecule has 4 heteroatoms. The van der Waals surface area contributed by atoms with Crippen molar-refractivity contribution in [2.45, 2.75) is 90.9 Å². The van der Waals surface area contributed by atoms with Crippen LogP contribution >= 0.6 is 0 Å². The number of hydrogen-bond donors (Lipinski definition) is 0. The van der Waals surface area contributed by atoms with Crippen molar-refractivity contribution in [3.63, 3.8) is 0 Å². The summed E-state index contributed by atoms with van der Waals surface area (Å²) in [5.74, 6) is 1.51. The van der Waals surface area contributed by atoms with Crippen LogP contribution in [0, 0.1) is 0 Å². The molecule has 0 atom stereocenters. The standard InChI is InChI=1S/C50H48O4/c1-3-5-7-9-11-15-29-53-42-28-27-41-47(50(42)54-30-16-12-10-8-6-4-2)38-24-21-34-33-20-19-32-31-17-13-14-18-37(31)48(51)39-25-22-35(43(33)45(32)39)36-23-26-40(49(41)52)46(38)44(34)36/h13-14,17-28H,3-12,15-16,29-30H2,1-2H3. The zero-order chi connectivity index (χ0) is 36.8. The third-order valence-corrected chi connectivity index (χ3v) is 12.0. The number of unbranched alkanes of at least 4 members (excludes halogenated alkanes) is 10. The molecule has 54 heavy (non-hydrogen) atoms. The number of benzene rings is 7. The van der Waals surface area contributed by atoms with Gasteiger partial charge in [-0.1, -0.05) is 139 Å². The Morgan fingerprint density at radius 2 is 0.852 bits per heavy atom. The van der Waals surface area contributed by atoms with Crippen molar-refractivity contribution in [3.05, 3.63) is 107 Å². The highest BCUT2D eigenvalue weighted by Crippen LogP contribution is 2.53. The van der Waals surface area contributed by atoms with Crippen LogP contribution in [-0.4, -0.2) is 24.8 Å². The van der Waals surface area contributed by atoms with Crippen molar-refractivity contribution >= 4 is 54.7 Å². The predicted molar refractivity (Wildman–Crippen MR) is 223 cm³/mol. The van der Waals surface area contributed by atoms with Gasteiger partial charge in [0.05, 0.1) is 13.2 Å². The summed E-state index contributed by atoms with van der Waals surface area (Å²) in [5.41, 5.74) is 6.84. The number of carbonyl (C=O) groups excluding carboxylic acids is 2. The lowest BCUT2D eigenvalue weighted by Gasteiger charge is -2.27. The van der Waals surface area contributed by atoms with E-state index < -0.39 is 0 Å². The van der Waals surface area contributed by atoms with E-state index in [9.17, 15) is 9.59 Å². The van der Waals surface area contributed by atoms with E-state index in [4.69, 9.17) is 9.47 Å². The van der Waals surface area contributed by atoms with Crippen LogP contribution in [0.1, 0.15) is 123 Å². The maximum absolute atomic E-state index is 14.5. The van der Waals surface area contributed by atoms with Gasteiger partial charge >= 0.3 is 0 Å². The Bertz CT molecular complexity index is 2560. The molecule has 0 bridgehead atoms. The summed E-state index contributed by atoms with van der Waals surface area (Å²) in [6.07, 6.45) is 14.2. The van der Waals surface area contributed by atoms with Crippen molar-refractivity contribution in [2.75, 3.05) is 13.2 Å². The summed E-state index contributed by atoms with van der Waals surface area (Å²) in [6.45, 7) is 5.70. The molecule has 0 unspecified atom stereocenters. The van der Waals surface area contributed by atoms with Crippen LogP contribution in [0.25, 0.3) is 65.3 Å². The monoisotopic (exact) mass is 712 g/mol. The van der Waals surface area contributed by atoms with Crippen molar-refractivity contribution in [3.8, 4) is 33.8 Å². The smallest absolute Gasteiger partial charge is 0.194 e. The van der Waals surface area contributed by atoms with Gasteiger partial charge in [-0.25, -0.2) is 0 Å². The summed E-state index contributed by atoms with van der Waals surface area (Å²) in [5, 5.41) is 8.57. The van der Waals surface area contributed by atoms with Gasteiger partial charge in [0.15, 0.2) is 23.1 Å². The van der Waals surface area contributed by atoms with E-state index >= 15 is 0 Å². The predicted octanol–water partition coefficient (Wildman–Crippen LogP) is 13.6. The van der Waals surface area contributed by atoms with Crippen LogP contribution in [0.3, 0.4) is 0 Å². The topological polar surface area (TPSA) is 52.6 Å². The van der Waals surface area contributed by atoms with E-state index in [1.165, 1.54) is 51.4 Å². The summed E-state index contributed by atoms with van der Waals surface area (Å²) >= 11 is 0. The lowest BCUT2D eigenvalue weighted by Crippen LogP contribution is -2.13. The summed E-state index contributed by atoms with van der Waals surface area (Å²) in [7, 11) is 0. The van der Waals surface area contributed by atoms with Crippen LogP contribution in [-0.2, 0) is 0 Å². The van der Waals surface area contributed by atoms with Crippen molar-refractivity contribution in [2.24, 2.45) is 0 Å². The largest absolute Gasteiger partial charge is 0.490 e. The Hall–Kier alpha value is -5.22. The minimum atomic E-state index is 0.0198. The average molecular weight is 713 g/mol. The molecule has 9 rings (SSSR count). The van der Waals surface area contributed by atoms with Gasteiger partial charge in [-0.05, 0) is 86.1 Å². The molecule has 7 aromatic rings. The fourth-order valence-electron chi connectivity index (χ4n) is 9.30. The van der Waals surface area contributed by atoms with Crippen molar-refractivity contribution in [1.29, 1.82) is 0 Å². The van der Waals surface area contributed by atoms with E-state index in [-0.39, 0.29) is 11.6 Å². The van der Waals surface area contributed by atoms with E-state index in [1.807, 2.05) is 42.5 Å². The highest BCUT2D eigenvalue weighted by Gasteiger charge is 2.33. The Morgan fingerprint density at radius 1 is 0.389 bits per heavy atom. The molecule has 2 aliphatic rings. The second-order valence-electron chi connectivity index (χ2n) is 15.4. The Kier molecular flexibility index (Phi) is 9.31. The molecular weight excluding hydrogens is 665 g/mol. The molecule has 0 radical (unpaired) electrons. The third kappa shape index (κ3) is 5.56. The molecule has 0 aliphatic heterocycles. The molecule has 0 N–H and O–H groups in total. The maximum atomic E-state index is 14.5. The van der Waals surface area contributed by atoms with E-state index in [2.05, 4.69) is 56.3 Å². The summed E-state index contributed by atoms with van der Waals surface area (Å²) in [6, 6.07) is 28.9. The number of ketones is 2. The van der Waals surface area contributed by atoms with Crippen molar-refractivity contribution in [1.82, 2.24) is 0 Å². The molecule has 0 saturated carbocycles. The van der Waals surface area contributed by atoms with Crippen LogP contribution in [0.5, 0.6) is 11.5 Å². The lowest BCUT2D eigenvalue weighted by molar-refractivity contribution is 0.103. The normalized spacial score (nSPS) is 13.0. The first kappa shape index (κ1) is 34.5. The molecule has 272 valence electrons. The number of hydrogen-bond acceptors (Lipinski definition) is 4. The van der Waals surface area contributed by atoms with Gasteiger partial charge < -0.3 is 9.47 Å². The maximum Gasteiger partial charge on any atom is 0.194 e. The molecule has 0 aromatic heterocycles. The summed E-state index contributed by atoms with van der Waals surface area (Å²) in [4.78, 5) is 28.4. The van der Waals surface area contributed by atoms with Gasteiger partial charge in [0.25, 0.3) is 0 Å². The SMILES string of the molecule is CCCCCCCCOc1ccc2c(c1OCCCCCCCC)-c1ccc3c4ccc5c6c(ccc(c7ccc(c1c73)C2=O)c64)C(=O)c1ccccc1-5. The molecule has 0 spiro atoms. The van der Waals surface area contributed by atoms with Crippen LogP contribution in [0.2, 0.25) is 0 Å². The number of fused-ring (bicyclic) bond motifs is 6. The molecule has 0 saturated heterocycles. The second kappa shape index (κ2) is 14.5. The highest BCUT2D eigenvalue weighted by atomic mass is 16.5. The number of ether oxygens (including phenoxy) is 2. The van der Waals surface area contributed by atoms with Crippen LogP contribution < -0.4 is 9.47 Å². The second-order valence-corrected chi connectivity index (χ2v) is 15.4. The first-order chi connectivity index (χ1) is 26.6. The molecule has 7 aromatic carbocycles. The molecule has 0 heterocycles. The highest BCUT2D eigenvalue weighted by molar-refractivity contribution is 6.41. The van der Waals surface area contributed by atoms with E-state index in [0.717, 1.165) is 113 Å². The minimum Gasteiger partial charge on any atom is -0.490 e. The average Bonchev–Trinajstić information content (AvgIpc) is 3.20. The fraction of sp³-hybridized carbons (Fsp3) is 0.320. The number of rotatable bonds is 16. The molecular formula is C50H48O4. The van der Waals surface area contributed by atoms with Crippen LogP contribution in [0.4, 0.5) is 0 Å². The minimum absolute atomic E-state index is 0.0198. The molecule has 0 fully saturated rings. The Labute approximate surface area is 317 Å². The lowest BCUT2D eigenvalue weighted by atomic mass is 9.76. The van der Waals surface area contributed by atoms with Crippen LogP contribution in [0.15, 0.2) is 84.9 Å². The molecule has 2 aliphatic carbocycles. The molecule has 0 amide bonds. The van der Waals surface area contributed by atoms with Gasteiger partial charge in [0.2, 0.25) is 0 Å². The van der Waals surface area contributed by atoms with Crippen molar-refractivity contribution < 1.29 is 19.1 Å². The molecule has 4 nitrogen and oxygen atoms in total. The van der Waals surface area contributed by atoms with Gasteiger partial charge in [-0.3, -0.25) is 9.59 Å². The first-order valence-corrected chi connectivity index (χ1v) is 20.4. The number of carbonyl (C=O) groups is 2.